The molecule has 0 unspecified atom stereocenters. The van der Waals surface area contributed by atoms with Crippen molar-refractivity contribution in [2.75, 3.05) is 4.72 Å². The number of benzene rings is 2. The van der Waals surface area contributed by atoms with Crippen LogP contribution in [-0.4, -0.2) is 8.42 Å². The molecule has 0 atom stereocenters. The molecule has 2 rings (SSSR count). The SMILES string of the molecule is O=S(=O)(Nc1cc(F)cc(F)c1)c1ccc(Br)cc1Cl. The Morgan fingerprint density at radius 1 is 1.05 bits per heavy atom. The molecule has 2 aromatic carbocycles. The molecule has 0 fully saturated rings. The molecular formula is C12H7BrClF2NO2S. The van der Waals surface area contributed by atoms with E-state index in [0.29, 0.717) is 10.5 Å². The summed E-state index contributed by atoms with van der Waals surface area (Å²) >= 11 is 9.00. The highest BCUT2D eigenvalue weighted by atomic mass is 79.9. The van der Waals surface area contributed by atoms with Gasteiger partial charge < -0.3 is 0 Å². The van der Waals surface area contributed by atoms with E-state index in [9.17, 15) is 17.2 Å². The van der Waals surface area contributed by atoms with Gasteiger partial charge in [-0.2, -0.15) is 0 Å². The standard InChI is InChI=1S/C12H7BrClF2NO2S/c13-7-1-2-12(11(14)3-7)20(18,19)17-10-5-8(15)4-9(16)6-10/h1-6,17H. The first-order chi connectivity index (χ1) is 9.28. The van der Waals surface area contributed by atoms with E-state index in [1.807, 2.05) is 0 Å². The second-order valence-corrected chi connectivity index (χ2v) is 6.81. The summed E-state index contributed by atoms with van der Waals surface area (Å²) in [6.45, 7) is 0. The lowest BCUT2D eigenvalue weighted by Gasteiger charge is -2.10. The van der Waals surface area contributed by atoms with Crippen LogP contribution in [-0.2, 0) is 10.0 Å². The maximum Gasteiger partial charge on any atom is 0.263 e. The van der Waals surface area contributed by atoms with Gasteiger partial charge in [-0.15, -0.1) is 0 Å². The summed E-state index contributed by atoms with van der Waals surface area (Å²) in [4.78, 5) is -0.188. The number of hydrogen-bond donors (Lipinski definition) is 1. The van der Waals surface area contributed by atoms with E-state index in [1.54, 1.807) is 0 Å². The molecule has 0 aliphatic carbocycles. The lowest BCUT2D eigenvalue weighted by Crippen LogP contribution is -2.13. The van der Waals surface area contributed by atoms with Gasteiger partial charge in [-0.3, -0.25) is 4.72 Å². The molecule has 0 saturated heterocycles. The van der Waals surface area contributed by atoms with Crippen molar-refractivity contribution in [3.63, 3.8) is 0 Å². The molecule has 0 amide bonds. The summed E-state index contributed by atoms with van der Waals surface area (Å²) in [5.41, 5.74) is -0.221. The molecule has 1 N–H and O–H groups in total. The van der Waals surface area contributed by atoms with E-state index in [4.69, 9.17) is 11.6 Å². The normalized spacial score (nSPS) is 11.4. The summed E-state index contributed by atoms with van der Waals surface area (Å²) in [5, 5.41) is -0.0104. The predicted octanol–water partition coefficient (Wildman–Crippen LogP) is 4.18. The van der Waals surface area contributed by atoms with Crippen LogP contribution in [0.2, 0.25) is 5.02 Å². The Balaban J connectivity index is 2.40. The Hall–Kier alpha value is -1.18. The Morgan fingerprint density at radius 2 is 1.65 bits per heavy atom. The van der Waals surface area contributed by atoms with Crippen LogP contribution in [0.1, 0.15) is 0 Å². The van der Waals surface area contributed by atoms with Crippen molar-refractivity contribution >= 4 is 43.2 Å². The number of halogens is 4. The topological polar surface area (TPSA) is 46.2 Å². The highest BCUT2D eigenvalue weighted by molar-refractivity contribution is 9.10. The third kappa shape index (κ3) is 3.47. The van der Waals surface area contributed by atoms with Gasteiger partial charge in [0.1, 0.15) is 16.5 Å². The van der Waals surface area contributed by atoms with Gasteiger partial charge in [-0.05, 0) is 30.3 Å². The first-order valence-electron chi connectivity index (χ1n) is 5.22. The van der Waals surface area contributed by atoms with E-state index >= 15 is 0 Å². The summed E-state index contributed by atoms with van der Waals surface area (Å²) in [5.74, 6) is -1.77. The van der Waals surface area contributed by atoms with Crippen LogP contribution in [0.15, 0.2) is 45.8 Å². The Bertz CT molecular complexity index is 748. The third-order valence-electron chi connectivity index (χ3n) is 2.30. The minimum atomic E-state index is -4.03. The Morgan fingerprint density at radius 3 is 2.20 bits per heavy atom. The van der Waals surface area contributed by atoms with Crippen LogP contribution in [0, 0.1) is 11.6 Å². The molecule has 0 heterocycles. The second kappa shape index (κ2) is 5.67. The van der Waals surface area contributed by atoms with Gasteiger partial charge in [0.15, 0.2) is 0 Å². The maximum atomic E-state index is 13.0. The van der Waals surface area contributed by atoms with Crippen molar-refractivity contribution in [2.24, 2.45) is 0 Å². The minimum absolute atomic E-state index is 0.0104. The molecule has 0 bridgehead atoms. The lowest BCUT2D eigenvalue weighted by atomic mass is 10.3. The number of anilines is 1. The molecule has 0 saturated carbocycles. The number of hydrogen-bond acceptors (Lipinski definition) is 2. The van der Waals surface area contributed by atoms with Gasteiger partial charge in [-0.25, -0.2) is 17.2 Å². The van der Waals surface area contributed by atoms with E-state index in [-0.39, 0.29) is 15.6 Å². The minimum Gasteiger partial charge on any atom is -0.279 e. The lowest BCUT2D eigenvalue weighted by molar-refractivity contribution is 0.584. The number of rotatable bonds is 3. The van der Waals surface area contributed by atoms with Crippen LogP contribution in [0.25, 0.3) is 0 Å². The van der Waals surface area contributed by atoms with Crippen molar-refractivity contribution in [1.29, 1.82) is 0 Å². The monoisotopic (exact) mass is 381 g/mol. The molecule has 0 aromatic heterocycles. The molecule has 0 aliphatic rings. The maximum absolute atomic E-state index is 13.0. The summed E-state index contributed by atoms with van der Waals surface area (Å²) in [6, 6.07) is 6.56. The molecule has 106 valence electrons. The molecule has 8 heteroatoms. The molecule has 20 heavy (non-hydrogen) atoms. The van der Waals surface area contributed by atoms with Gasteiger partial charge in [-0.1, -0.05) is 27.5 Å². The molecule has 0 radical (unpaired) electrons. The smallest absolute Gasteiger partial charge is 0.263 e. The van der Waals surface area contributed by atoms with Crippen LogP contribution in [0.3, 0.4) is 0 Å². The molecular weight excluding hydrogens is 376 g/mol. The molecule has 2 aromatic rings. The van der Waals surface area contributed by atoms with Crippen LogP contribution >= 0.6 is 27.5 Å². The number of nitrogens with one attached hydrogen (secondary N) is 1. The van der Waals surface area contributed by atoms with Crippen molar-refractivity contribution < 1.29 is 17.2 Å². The van der Waals surface area contributed by atoms with Gasteiger partial charge in [0.2, 0.25) is 0 Å². The van der Waals surface area contributed by atoms with Gasteiger partial charge in [0, 0.05) is 10.5 Å². The van der Waals surface area contributed by atoms with Gasteiger partial charge in [0.25, 0.3) is 10.0 Å². The predicted molar refractivity (Wildman–Crippen MR) is 76.3 cm³/mol. The van der Waals surface area contributed by atoms with Crippen molar-refractivity contribution in [1.82, 2.24) is 0 Å². The quantitative estimate of drug-likeness (QED) is 0.865. The third-order valence-corrected chi connectivity index (χ3v) is 4.66. The fraction of sp³-hybridized carbons (Fsp3) is 0. The van der Waals surface area contributed by atoms with Crippen LogP contribution < -0.4 is 4.72 Å². The zero-order valence-corrected chi connectivity index (χ0v) is 12.9. The fourth-order valence-electron chi connectivity index (χ4n) is 1.52. The first kappa shape index (κ1) is 15.2. The van der Waals surface area contributed by atoms with E-state index in [0.717, 1.165) is 12.1 Å². The molecule has 0 spiro atoms. The van der Waals surface area contributed by atoms with E-state index in [1.165, 1.54) is 18.2 Å². The highest BCUT2D eigenvalue weighted by Crippen LogP contribution is 2.27. The zero-order chi connectivity index (χ0) is 14.9. The molecule has 3 nitrogen and oxygen atoms in total. The summed E-state index contributed by atoms with van der Waals surface area (Å²) in [7, 11) is -4.03. The zero-order valence-electron chi connectivity index (χ0n) is 9.70. The van der Waals surface area contributed by atoms with Gasteiger partial charge >= 0.3 is 0 Å². The molecule has 0 aliphatic heterocycles. The summed E-state index contributed by atoms with van der Waals surface area (Å²) < 4.78 is 52.9. The Labute approximate surface area is 127 Å². The van der Waals surface area contributed by atoms with Crippen LogP contribution in [0.5, 0.6) is 0 Å². The highest BCUT2D eigenvalue weighted by Gasteiger charge is 2.18. The second-order valence-electron chi connectivity index (χ2n) is 3.84. The van der Waals surface area contributed by atoms with Crippen LogP contribution in [0.4, 0.5) is 14.5 Å². The summed E-state index contributed by atoms with van der Waals surface area (Å²) in [6.07, 6.45) is 0. The first-order valence-corrected chi connectivity index (χ1v) is 7.87. The number of sulfonamides is 1. The average molecular weight is 383 g/mol. The van der Waals surface area contributed by atoms with Crippen molar-refractivity contribution in [3.05, 3.63) is 57.5 Å². The van der Waals surface area contributed by atoms with E-state index in [2.05, 4.69) is 20.7 Å². The fourth-order valence-corrected chi connectivity index (χ4v) is 3.60. The average Bonchev–Trinajstić information content (AvgIpc) is 2.25. The van der Waals surface area contributed by atoms with E-state index < -0.39 is 21.7 Å². The van der Waals surface area contributed by atoms with Gasteiger partial charge in [0.05, 0.1) is 10.7 Å². The Kier molecular flexibility index (Phi) is 4.31. The largest absolute Gasteiger partial charge is 0.279 e. The van der Waals surface area contributed by atoms with Crippen molar-refractivity contribution in [3.8, 4) is 0 Å². The van der Waals surface area contributed by atoms with Crippen molar-refractivity contribution in [2.45, 2.75) is 4.90 Å².